The van der Waals surface area contributed by atoms with Crippen LogP contribution in [0.1, 0.15) is 39.0 Å². The molecule has 1 N–H and O–H groups in total. The highest BCUT2D eigenvalue weighted by atomic mass is 16.5. The number of rotatable bonds is 3. The van der Waals surface area contributed by atoms with Crippen molar-refractivity contribution in [2.75, 3.05) is 19.7 Å². The molecule has 2 atom stereocenters. The van der Waals surface area contributed by atoms with Crippen LogP contribution >= 0.6 is 0 Å². The van der Waals surface area contributed by atoms with Gasteiger partial charge in [-0.2, -0.15) is 0 Å². The summed E-state index contributed by atoms with van der Waals surface area (Å²) in [7, 11) is 0. The Labute approximate surface area is 87.4 Å². The highest BCUT2D eigenvalue weighted by Gasteiger charge is 2.24. The molecule has 2 heteroatoms. The van der Waals surface area contributed by atoms with Gasteiger partial charge in [0.2, 0.25) is 0 Å². The molecule has 0 radical (unpaired) electrons. The maximum absolute atomic E-state index is 5.70. The SMILES string of the molecule is CC(CC1CCCO1)C1CCNCC1. The summed E-state index contributed by atoms with van der Waals surface area (Å²) < 4.78 is 5.70. The molecule has 2 aliphatic rings. The standard InChI is InChI=1S/C12H23NO/c1-10(9-12-3-2-8-14-12)11-4-6-13-7-5-11/h10-13H,2-9H2,1H3. The number of nitrogens with one attached hydrogen (secondary N) is 1. The van der Waals surface area contributed by atoms with E-state index in [1.807, 2.05) is 0 Å². The second-order valence-electron chi connectivity index (χ2n) is 4.94. The third-order valence-electron chi connectivity index (χ3n) is 3.85. The van der Waals surface area contributed by atoms with Crippen molar-refractivity contribution in [3.05, 3.63) is 0 Å². The molecule has 2 rings (SSSR count). The lowest BCUT2D eigenvalue weighted by Gasteiger charge is -2.29. The van der Waals surface area contributed by atoms with Crippen molar-refractivity contribution in [1.82, 2.24) is 5.32 Å². The van der Waals surface area contributed by atoms with Crippen LogP contribution < -0.4 is 5.32 Å². The first-order valence-corrected chi connectivity index (χ1v) is 6.18. The van der Waals surface area contributed by atoms with Gasteiger partial charge in [0.25, 0.3) is 0 Å². The van der Waals surface area contributed by atoms with E-state index in [1.165, 1.54) is 45.2 Å². The van der Waals surface area contributed by atoms with E-state index >= 15 is 0 Å². The van der Waals surface area contributed by atoms with Crippen molar-refractivity contribution in [3.8, 4) is 0 Å². The van der Waals surface area contributed by atoms with E-state index in [-0.39, 0.29) is 0 Å². The second-order valence-corrected chi connectivity index (χ2v) is 4.94. The third kappa shape index (κ3) is 2.71. The van der Waals surface area contributed by atoms with Crippen molar-refractivity contribution in [3.63, 3.8) is 0 Å². The van der Waals surface area contributed by atoms with Gasteiger partial charge in [-0.25, -0.2) is 0 Å². The van der Waals surface area contributed by atoms with Crippen LogP contribution in [0, 0.1) is 11.8 Å². The molecule has 0 spiro atoms. The minimum absolute atomic E-state index is 0.583. The fraction of sp³-hybridized carbons (Fsp3) is 1.00. The average Bonchev–Trinajstić information content (AvgIpc) is 2.72. The summed E-state index contributed by atoms with van der Waals surface area (Å²) in [6.45, 7) is 5.86. The molecule has 2 unspecified atom stereocenters. The van der Waals surface area contributed by atoms with E-state index < -0.39 is 0 Å². The topological polar surface area (TPSA) is 21.3 Å². The maximum Gasteiger partial charge on any atom is 0.0578 e. The lowest BCUT2D eigenvalue weighted by atomic mass is 9.82. The van der Waals surface area contributed by atoms with E-state index in [0.717, 1.165) is 18.4 Å². The van der Waals surface area contributed by atoms with Gasteiger partial charge in [-0.1, -0.05) is 6.92 Å². The zero-order valence-corrected chi connectivity index (χ0v) is 9.30. The Morgan fingerprint density at radius 3 is 2.71 bits per heavy atom. The second kappa shape index (κ2) is 5.13. The third-order valence-corrected chi connectivity index (χ3v) is 3.85. The van der Waals surface area contributed by atoms with Crippen LogP contribution in [0.25, 0.3) is 0 Å². The van der Waals surface area contributed by atoms with Gasteiger partial charge in [-0.05, 0) is 57.0 Å². The van der Waals surface area contributed by atoms with Gasteiger partial charge >= 0.3 is 0 Å². The number of hydrogen-bond donors (Lipinski definition) is 1. The average molecular weight is 197 g/mol. The first-order valence-electron chi connectivity index (χ1n) is 6.18. The first-order chi connectivity index (χ1) is 6.86. The molecule has 2 heterocycles. The van der Waals surface area contributed by atoms with Crippen molar-refractivity contribution < 1.29 is 4.74 Å². The lowest BCUT2D eigenvalue weighted by molar-refractivity contribution is 0.0785. The molecule has 2 nitrogen and oxygen atoms in total. The molecule has 0 aliphatic carbocycles. The summed E-state index contributed by atoms with van der Waals surface area (Å²) in [6.07, 6.45) is 7.20. The number of hydrogen-bond acceptors (Lipinski definition) is 2. The number of ether oxygens (including phenoxy) is 1. The van der Waals surface area contributed by atoms with E-state index in [4.69, 9.17) is 4.74 Å². The van der Waals surface area contributed by atoms with Gasteiger partial charge in [0, 0.05) is 6.61 Å². The van der Waals surface area contributed by atoms with Crippen LogP contribution in [-0.4, -0.2) is 25.8 Å². The monoisotopic (exact) mass is 197 g/mol. The Morgan fingerprint density at radius 1 is 1.29 bits per heavy atom. The summed E-state index contributed by atoms with van der Waals surface area (Å²) in [5.74, 6) is 1.81. The largest absolute Gasteiger partial charge is 0.378 e. The van der Waals surface area contributed by atoms with Gasteiger partial charge in [0.1, 0.15) is 0 Å². The summed E-state index contributed by atoms with van der Waals surface area (Å²) in [6, 6.07) is 0. The Morgan fingerprint density at radius 2 is 2.07 bits per heavy atom. The van der Waals surface area contributed by atoms with Crippen LogP contribution in [0.15, 0.2) is 0 Å². The maximum atomic E-state index is 5.70. The highest BCUT2D eigenvalue weighted by molar-refractivity contribution is 4.77. The minimum atomic E-state index is 0.583. The fourth-order valence-corrected chi connectivity index (χ4v) is 2.85. The summed E-state index contributed by atoms with van der Waals surface area (Å²) in [5.41, 5.74) is 0. The van der Waals surface area contributed by atoms with Crippen molar-refractivity contribution in [1.29, 1.82) is 0 Å². The predicted molar refractivity (Wildman–Crippen MR) is 58.3 cm³/mol. The van der Waals surface area contributed by atoms with Crippen LogP contribution in [0.4, 0.5) is 0 Å². The van der Waals surface area contributed by atoms with Gasteiger partial charge in [0.15, 0.2) is 0 Å². The smallest absolute Gasteiger partial charge is 0.0578 e. The molecule has 0 aromatic rings. The predicted octanol–water partition coefficient (Wildman–Crippen LogP) is 2.19. The minimum Gasteiger partial charge on any atom is -0.378 e. The van der Waals surface area contributed by atoms with Crippen LogP contribution in [0.2, 0.25) is 0 Å². The quantitative estimate of drug-likeness (QED) is 0.749. The summed E-state index contributed by atoms with van der Waals surface area (Å²) in [5, 5.41) is 3.43. The Balaban J connectivity index is 1.72. The number of piperidine rings is 1. The van der Waals surface area contributed by atoms with Crippen LogP contribution in [-0.2, 0) is 4.74 Å². The van der Waals surface area contributed by atoms with Gasteiger partial charge in [-0.3, -0.25) is 0 Å². The molecular weight excluding hydrogens is 174 g/mol. The van der Waals surface area contributed by atoms with Crippen molar-refractivity contribution in [2.45, 2.75) is 45.1 Å². The van der Waals surface area contributed by atoms with Crippen molar-refractivity contribution >= 4 is 0 Å². The van der Waals surface area contributed by atoms with Crippen molar-refractivity contribution in [2.24, 2.45) is 11.8 Å². The molecule has 0 aromatic carbocycles. The molecule has 2 fully saturated rings. The van der Waals surface area contributed by atoms with Gasteiger partial charge in [0.05, 0.1) is 6.10 Å². The zero-order chi connectivity index (χ0) is 9.80. The molecule has 2 aliphatic heterocycles. The first kappa shape index (κ1) is 10.4. The highest BCUT2D eigenvalue weighted by Crippen LogP contribution is 2.28. The Hall–Kier alpha value is -0.0800. The van der Waals surface area contributed by atoms with E-state index in [1.54, 1.807) is 0 Å². The van der Waals surface area contributed by atoms with E-state index in [0.29, 0.717) is 6.10 Å². The van der Waals surface area contributed by atoms with Crippen LogP contribution in [0.5, 0.6) is 0 Å². The normalized spacial score (nSPS) is 31.9. The fourth-order valence-electron chi connectivity index (χ4n) is 2.85. The molecule has 82 valence electrons. The molecule has 0 saturated carbocycles. The Kier molecular flexibility index (Phi) is 3.82. The molecule has 0 amide bonds. The molecule has 2 saturated heterocycles. The Bertz CT molecular complexity index is 160. The van der Waals surface area contributed by atoms with E-state index in [2.05, 4.69) is 12.2 Å². The summed E-state index contributed by atoms with van der Waals surface area (Å²) in [4.78, 5) is 0. The zero-order valence-electron chi connectivity index (χ0n) is 9.30. The van der Waals surface area contributed by atoms with Gasteiger partial charge in [-0.15, -0.1) is 0 Å². The lowest BCUT2D eigenvalue weighted by Crippen LogP contribution is -2.31. The molecule has 14 heavy (non-hydrogen) atoms. The molecule has 0 bridgehead atoms. The molecule has 0 aromatic heterocycles. The molecular formula is C12H23NO. The summed E-state index contributed by atoms with van der Waals surface area (Å²) >= 11 is 0. The van der Waals surface area contributed by atoms with Gasteiger partial charge < -0.3 is 10.1 Å². The van der Waals surface area contributed by atoms with E-state index in [9.17, 15) is 0 Å². The van der Waals surface area contributed by atoms with Crippen LogP contribution in [0.3, 0.4) is 0 Å².